The molecule has 1 aromatic carbocycles. The van der Waals surface area contributed by atoms with Crippen LogP contribution in [0.3, 0.4) is 0 Å². The number of benzene rings is 1. The van der Waals surface area contributed by atoms with E-state index in [0.29, 0.717) is 16.8 Å². The summed E-state index contributed by atoms with van der Waals surface area (Å²) in [5.41, 5.74) is 0.858. The number of rotatable bonds is 6. The lowest BCUT2D eigenvalue weighted by molar-refractivity contribution is -0.127. The van der Waals surface area contributed by atoms with Crippen LogP contribution >= 0.6 is 11.6 Å². The van der Waals surface area contributed by atoms with Gasteiger partial charge >= 0.3 is 0 Å². The van der Waals surface area contributed by atoms with Crippen LogP contribution in [0.25, 0.3) is 0 Å². The topological polar surface area (TPSA) is 67.4 Å². The Labute approximate surface area is 122 Å². The van der Waals surface area contributed by atoms with Crippen molar-refractivity contribution >= 4 is 23.4 Å². The monoisotopic (exact) mass is 296 g/mol. The van der Waals surface area contributed by atoms with Gasteiger partial charge in [-0.1, -0.05) is 11.6 Å². The smallest absolute Gasteiger partial charge is 0.258 e. The van der Waals surface area contributed by atoms with E-state index in [9.17, 15) is 9.59 Å². The molecular weight excluding hydrogens is 280 g/mol. The van der Waals surface area contributed by atoms with Crippen LogP contribution in [-0.4, -0.2) is 31.0 Å². The molecule has 6 heteroatoms. The number of carbonyl (C=O) groups is 2. The van der Waals surface area contributed by atoms with Crippen molar-refractivity contribution in [3.63, 3.8) is 0 Å². The van der Waals surface area contributed by atoms with Gasteiger partial charge in [0.25, 0.3) is 5.91 Å². The molecule has 0 aromatic heterocycles. The third-order valence-corrected chi connectivity index (χ3v) is 3.12. The molecule has 0 bridgehead atoms. The summed E-state index contributed by atoms with van der Waals surface area (Å²) in [4.78, 5) is 22.9. The fourth-order valence-corrected chi connectivity index (χ4v) is 1.88. The second-order valence-corrected chi connectivity index (χ2v) is 5.25. The Morgan fingerprint density at radius 3 is 2.75 bits per heavy atom. The van der Waals surface area contributed by atoms with E-state index in [2.05, 4.69) is 10.6 Å². The van der Waals surface area contributed by atoms with Crippen molar-refractivity contribution in [2.45, 2.75) is 25.8 Å². The molecule has 1 aromatic rings. The van der Waals surface area contributed by atoms with Crippen molar-refractivity contribution < 1.29 is 14.3 Å². The molecule has 2 rings (SSSR count). The molecule has 108 valence electrons. The molecule has 1 aliphatic rings. The Morgan fingerprint density at radius 1 is 1.35 bits per heavy atom. The number of amides is 2. The highest BCUT2D eigenvalue weighted by molar-refractivity contribution is 6.30. The first-order chi connectivity index (χ1) is 9.54. The number of hydrogen-bond acceptors (Lipinski definition) is 3. The number of ether oxygens (including phenoxy) is 1. The van der Waals surface area contributed by atoms with Crippen molar-refractivity contribution in [3.8, 4) is 5.75 Å². The number of hydrogen-bond donors (Lipinski definition) is 2. The second-order valence-electron chi connectivity index (χ2n) is 4.82. The SMILES string of the molecule is Cc1cc(Cl)ccc1OCC(=O)NCC(=O)NC1CC1. The minimum atomic E-state index is -0.328. The molecule has 1 aliphatic carbocycles. The van der Waals surface area contributed by atoms with Crippen molar-refractivity contribution in [2.24, 2.45) is 0 Å². The van der Waals surface area contributed by atoms with Gasteiger partial charge in [-0.3, -0.25) is 9.59 Å². The van der Waals surface area contributed by atoms with Gasteiger partial charge in [-0.2, -0.15) is 0 Å². The van der Waals surface area contributed by atoms with Gasteiger partial charge in [-0.25, -0.2) is 0 Å². The highest BCUT2D eigenvalue weighted by Crippen LogP contribution is 2.21. The summed E-state index contributed by atoms with van der Waals surface area (Å²) in [5.74, 6) is 0.112. The maximum absolute atomic E-state index is 11.6. The minimum absolute atomic E-state index is 0.0156. The highest BCUT2D eigenvalue weighted by atomic mass is 35.5. The highest BCUT2D eigenvalue weighted by Gasteiger charge is 2.23. The summed E-state index contributed by atoms with van der Waals surface area (Å²) < 4.78 is 5.38. The molecule has 0 aliphatic heterocycles. The van der Waals surface area contributed by atoms with Gasteiger partial charge in [0.15, 0.2) is 6.61 Å². The zero-order valence-electron chi connectivity index (χ0n) is 11.2. The summed E-state index contributed by atoms with van der Waals surface area (Å²) in [7, 11) is 0. The normalized spacial score (nSPS) is 13.7. The minimum Gasteiger partial charge on any atom is -0.484 e. The van der Waals surface area contributed by atoms with Crippen LogP contribution in [0.2, 0.25) is 5.02 Å². The van der Waals surface area contributed by atoms with Crippen LogP contribution < -0.4 is 15.4 Å². The van der Waals surface area contributed by atoms with Crippen LogP contribution in [0, 0.1) is 6.92 Å². The Morgan fingerprint density at radius 2 is 2.10 bits per heavy atom. The molecule has 0 atom stereocenters. The van der Waals surface area contributed by atoms with Crippen molar-refractivity contribution in [1.82, 2.24) is 10.6 Å². The van der Waals surface area contributed by atoms with Crippen LogP contribution in [0.15, 0.2) is 18.2 Å². The fraction of sp³-hybridized carbons (Fsp3) is 0.429. The van der Waals surface area contributed by atoms with Gasteiger partial charge in [-0.15, -0.1) is 0 Å². The summed E-state index contributed by atoms with van der Waals surface area (Å²) >= 11 is 5.83. The molecule has 0 saturated heterocycles. The van der Waals surface area contributed by atoms with Gasteiger partial charge in [0.1, 0.15) is 5.75 Å². The molecule has 2 N–H and O–H groups in total. The first-order valence-corrected chi connectivity index (χ1v) is 6.87. The molecule has 5 nitrogen and oxygen atoms in total. The molecular formula is C14H17ClN2O3. The number of carbonyl (C=O) groups excluding carboxylic acids is 2. The quantitative estimate of drug-likeness (QED) is 0.834. The van der Waals surface area contributed by atoms with Gasteiger partial charge < -0.3 is 15.4 Å². The van der Waals surface area contributed by atoms with E-state index in [4.69, 9.17) is 16.3 Å². The molecule has 0 spiro atoms. The fourth-order valence-electron chi connectivity index (χ4n) is 1.65. The zero-order chi connectivity index (χ0) is 14.5. The standard InChI is InChI=1S/C14H17ClN2O3/c1-9-6-10(15)2-5-12(9)20-8-14(19)16-7-13(18)17-11-3-4-11/h2,5-6,11H,3-4,7-8H2,1H3,(H,16,19)(H,17,18). The predicted molar refractivity (Wildman–Crippen MR) is 75.9 cm³/mol. The average molecular weight is 297 g/mol. The number of nitrogens with one attached hydrogen (secondary N) is 2. The Kier molecular flexibility index (Phi) is 4.84. The molecule has 2 amide bonds. The van der Waals surface area contributed by atoms with Crippen LogP contribution in [0.4, 0.5) is 0 Å². The lowest BCUT2D eigenvalue weighted by Crippen LogP contribution is -2.39. The molecule has 20 heavy (non-hydrogen) atoms. The van der Waals surface area contributed by atoms with E-state index < -0.39 is 0 Å². The Bertz CT molecular complexity index is 515. The molecule has 1 fully saturated rings. The zero-order valence-corrected chi connectivity index (χ0v) is 12.0. The molecule has 0 unspecified atom stereocenters. The lowest BCUT2D eigenvalue weighted by atomic mass is 10.2. The Hall–Kier alpha value is -1.75. The summed E-state index contributed by atoms with van der Waals surface area (Å²) in [6.45, 7) is 1.71. The summed E-state index contributed by atoms with van der Waals surface area (Å²) in [6.07, 6.45) is 2.05. The van der Waals surface area contributed by atoms with E-state index in [1.165, 1.54) is 0 Å². The van der Waals surface area contributed by atoms with Crippen molar-refractivity contribution in [3.05, 3.63) is 28.8 Å². The van der Waals surface area contributed by atoms with Gasteiger partial charge in [0.05, 0.1) is 6.54 Å². The third-order valence-electron chi connectivity index (χ3n) is 2.88. The van der Waals surface area contributed by atoms with Gasteiger partial charge in [-0.05, 0) is 43.5 Å². The average Bonchev–Trinajstić information content (AvgIpc) is 3.19. The second kappa shape index (κ2) is 6.61. The van der Waals surface area contributed by atoms with Crippen molar-refractivity contribution in [2.75, 3.05) is 13.2 Å². The Balaban J connectivity index is 1.70. The van der Waals surface area contributed by atoms with E-state index >= 15 is 0 Å². The van der Waals surface area contributed by atoms with E-state index in [-0.39, 0.29) is 25.0 Å². The van der Waals surface area contributed by atoms with Crippen LogP contribution in [0.1, 0.15) is 18.4 Å². The van der Waals surface area contributed by atoms with Gasteiger partial charge in [0, 0.05) is 11.1 Å². The first kappa shape index (κ1) is 14.7. The van der Waals surface area contributed by atoms with Crippen molar-refractivity contribution in [1.29, 1.82) is 0 Å². The number of aryl methyl sites for hydroxylation is 1. The maximum Gasteiger partial charge on any atom is 0.258 e. The summed E-state index contributed by atoms with van der Waals surface area (Å²) in [5, 5.41) is 5.93. The third kappa shape index (κ3) is 4.74. The van der Waals surface area contributed by atoms with E-state index in [0.717, 1.165) is 18.4 Å². The first-order valence-electron chi connectivity index (χ1n) is 6.49. The number of halogens is 1. The molecule has 0 heterocycles. The van der Waals surface area contributed by atoms with Crippen LogP contribution in [0.5, 0.6) is 5.75 Å². The molecule has 1 saturated carbocycles. The predicted octanol–water partition coefficient (Wildman–Crippen LogP) is 1.42. The van der Waals surface area contributed by atoms with Gasteiger partial charge in [0.2, 0.25) is 5.91 Å². The lowest BCUT2D eigenvalue weighted by Gasteiger charge is -2.10. The summed E-state index contributed by atoms with van der Waals surface area (Å²) in [6, 6.07) is 5.47. The van der Waals surface area contributed by atoms with E-state index in [1.54, 1.807) is 18.2 Å². The molecule has 0 radical (unpaired) electrons. The maximum atomic E-state index is 11.6. The largest absolute Gasteiger partial charge is 0.484 e. The van der Waals surface area contributed by atoms with E-state index in [1.807, 2.05) is 6.92 Å². The van der Waals surface area contributed by atoms with Crippen LogP contribution in [-0.2, 0) is 9.59 Å².